The number of carbonyl (C=O) groups is 2. The molecule has 1 aliphatic carbocycles. The Morgan fingerprint density at radius 3 is 2.53 bits per heavy atom. The summed E-state index contributed by atoms with van der Waals surface area (Å²) in [5.74, 6) is -0.381. The zero-order chi connectivity index (χ0) is 14.0. The van der Waals surface area contributed by atoms with E-state index in [1.807, 2.05) is 18.7 Å². The fourth-order valence-corrected chi connectivity index (χ4v) is 3.88. The Kier molecular flexibility index (Phi) is 4.60. The van der Waals surface area contributed by atoms with Crippen molar-refractivity contribution >= 4 is 23.8 Å². The SMILES string of the molecule is CCCN(C(=O)N1C(CC)SCC1C(=O)O)C1CC1. The molecule has 0 radical (unpaired) electrons. The number of thioether (sulfide) groups is 1. The van der Waals surface area contributed by atoms with Crippen molar-refractivity contribution in [3.05, 3.63) is 0 Å². The van der Waals surface area contributed by atoms with Crippen LogP contribution >= 0.6 is 11.8 Å². The topological polar surface area (TPSA) is 60.9 Å². The lowest BCUT2D eigenvalue weighted by Gasteiger charge is -2.33. The normalized spacial score (nSPS) is 26.5. The van der Waals surface area contributed by atoms with E-state index in [0.717, 1.165) is 32.2 Å². The van der Waals surface area contributed by atoms with Crippen molar-refractivity contribution in [2.45, 2.75) is 57.0 Å². The van der Waals surface area contributed by atoms with E-state index in [-0.39, 0.29) is 11.4 Å². The van der Waals surface area contributed by atoms with Gasteiger partial charge in [0.2, 0.25) is 0 Å². The molecular weight excluding hydrogens is 264 g/mol. The van der Waals surface area contributed by atoms with Crippen molar-refractivity contribution in [2.24, 2.45) is 0 Å². The molecule has 1 saturated heterocycles. The van der Waals surface area contributed by atoms with Crippen LogP contribution in [-0.2, 0) is 4.79 Å². The highest BCUT2D eigenvalue weighted by molar-refractivity contribution is 8.00. The van der Waals surface area contributed by atoms with Crippen molar-refractivity contribution in [1.82, 2.24) is 9.80 Å². The lowest BCUT2D eigenvalue weighted by Crippen LogP contribution is -2.52. The smallest absolute Gasteiger partial charge is 0.327 e. The molecule has 108 valence electrons. The number of carboxylic acids is 1. The zero-order valence-electron chi connectivity index (χ0n) is 11.5. The molecule has 0 aromatic rings. The predicted octanol–water partition coefficient (Wildman–Crippen LogP) is 2.22. The van der Waals surface area contributed by atoms with Gasteiger partial charge in [-0.15, -0.1) is 11.8 Å². The molecule has 0 spiro atoms. The maximum atomic E-state index is 12.7. The standard InChI is InChI=1S/C13H22N2O3S/c1-3-7-14(9-5-6-9)13(18)15-10(12(16)17)8-19-11(15)4-2/h9-11H,3-8H2,1-2H3,(H,16,17). The van der Waals surface area contributed by atoms with Crippen molar-refractivity contribution in [1.29, 1.82) is 0 Å². The van der Waals surface area contributed by atoms with E-state index >= 15 is 0 Å². The molecular formula is C13H22N2O3S. The molecule has 6 heteroatoms. The maximum absolute atomic E-state index is 12.7. The van der Waals surface area contributed by atoms with Crippen molar-refractivity contribution in [3.8, 4) is 0 Å². The Morgan fingerprint density at radius 2 is 2.05 bits per heavy atom. The number of hydrogen-bond acceptors (Lipinski definition) is 3. The van der Waals surface area contributed by atoms with Crippen LogP contribution in [-0.4, -0.2) is 56.7 Å². The second-order valence-corrected chi connectivity index (χ2v) is 6.38. The van der Waals surface area contributed by atoms with Crippen LogP contribution in [0.3, 0.4) is 0 Å². The van der Waals surface area contributed by atoms with E-state index in [9.17, 15) is 14.7 Å². The summed E-state index contributed by atoms with van der Waals surface area (Å²) in [5.41, 5.74) is 0. The first kappa shape index (κ1) is 14.5. The molecule has 2 fully saturated rings. The largest absolute Gasteiger partial charge is 0.480 e. The number of aliphatic carboxylic acids is 1. The quantitative estimate of drug-likeness (QED) is 0.842. The molecule has 5 nitrogen and oxygen atoms in total. The summed E-state index contributed by atoms with van der Waals surface area (Å²) in [4.78, 5) is 27.5. The Labute approximate surface area is 118 Å². The molecule has 1 N–H and O–H groups in total. The second-order valence-electron chi connectivity index (χ2n) is 5.16. The van der Waals surface area contributed by atoms with Gasteiger partial charge in [-0.1, -0.05) is 13.8 Å². The third kappa shape index (κ3) is 2.99. The van der Waals surface area contributed by atoms with Crippen LogP contribution in [0.15, 0.2) is 0 Å². The van der Waals surface area contributed by atoms with Crippen LogP contribution in [0, 0.1) is 0 Å². The number of carbonyl (C=O) groups excluding carboxylic acids is 1. The maximum Gasteiger partial charge on any atom is 0.327 e. The van der Waals surface area contributed by atoms with Gasteiger partial charge in [0.15, 0.2) is 0 Å². The summed E-state index contributed by atoms with van der Waals surface area (Å²) in [6, 6.07) is -0.404. The van der Waals surface area contributed by atoms with Crippen LogP contribution < -0.4 is 0 Å². The van der Waals surface area contributed by atoms with Gasteiger partial charge in [0.1, 0.15) is 6.04 Å². The van der Waals surface area contributed by atoms with Crippen molar-refractivity contribution < 1.29 is 14.7 Å². The summed E-state index contributed by atoms with van der Waals surface area (Å²) in [7, 11) is 0. The van der Waals surface area contributed by atoms with Gasteiger partial charge in [-0.05, 0) is 25.7 Å². The van der Waals surface area contributed by atoms with Crippen LogP contribution in [0.4, 0.5) is 4.79 Å². The van der Waals surface area contributed by atoms with Crippen LogP contribution in [0.2, 0.25) is 0 Å². The minimum atomic E-state index is -0.885. The molecule has 0 bridgehead atoms. The molecule has 1 saturated carbocycles. The van der Waals surface area contributed by atoms with Gasteiger partial charge < -0.3 is 10.0 Å². The van der Waals surface area contributed by atoms with Gasteiger partial charge in [-0.25, -0.2) is 9.59 Å². The molecule has 2 aliphatic rings. The number of nitrogens with zero attached hydrogens (tertiary/aromatic N) is 2. The molecule has 2 unspecified atom stereocenters. The molecule has 2 atom stereocenters. The summed E-state index contributed by atoms with van der Waals surface area (Å²) in [5, 5.41) is 9.29. The number of carboxylic acid groups (broad SMARTS) is 1. The Morgan fingerprint density at radius 1 is 1.37 bits per heavy atom. The molecule has 2 rings (SSSR count). The number of hydrogen-bond donors (Lipinski definition) is 1. The number of urea groups is 1. The predicted molar refractivity (Wildman–Crippen MR) is 75.2 cm³/mol. The third-order valence-electron chi connectivity index (χ3n) is 3.65. The lowest BCUT2D eigenvalue weighted by atomic mass is 10.2. The van der Waals surface area contributed by atoms with E-state index < -0.39 is 12.0 Å². The highest BCUT2D eigenvalue weighted by atomic mass is 32.2. The first-order valence-corrected chi connectivity index (χ1v) is 8.08. The monoisotopic (exact) mass is 286 g/mol. The van der Waals surface area contributed by atoms with Gasteiger partial charge in [0.25, 0.3) is 0 Å². The van der Waals surface area contributed by atoms with Crippen LogP contribution in [0.5, 0.6) is 0 Å². The molecule has 19 heavy (non-hydrogen) atoms. The Bertz CT molecular complexity index is 360. The number of amides is 2. The molecule has 0 aromatic carbocycles. The van der Waals surface area contributed by atoms with E-state index in [2.05, 4.69) is 0 Å². The van der Waals surface area contributed by atoms with Gasteiger partial charge in [-0.2, -0.15) is 0 Å². The van der Waals surface area contributed by atoms with Gasteiger partial charge in [0, 0.05) is 18.3 Å². The average Bonchev–Trinajstić information content (AvgIpc) is 3.12. The summed E-state index contributed by atoms with van der Waals surface area (Å²) in [6.07, 6.45) is 3.82. The lowest BCUT2D eigenvalue weighted by molar-refractivity contribution is -0.141. The first-order chi connectivity index (χ1) is 9.10. The van der Waals surface area contributed by atoms with Crippen molar-refractivity contribution in [2.75, 3.05) is 12.3 Å². The van der Waals surface area contributed by atoms with E-state index in [1.165, 1.54) is 0 Å². The second kappa shape index (κ2) is 6.03. The van der Waals surface area contributed by atoms with Gasteiger partial charge in [-0.3, -0.25) is 4.90 Å². The van der Waals surface area contributed by atoms with Gasteiger partial charge >= 0.3 is 12.0 Å². The molecule has 1 aliphatic heterocycles. The van der Waals surface area contributed by atoms with E-state index in [0.29, 0.717) is 11.8 Å². The molecule has 0 aromatic heterocycles. The summed E-state index contributed by atoms with van der Waals surface area (Å²) < 4.78 is 0. The van der Waals surface area contributed by atoms with Crippen molar-refractivity contribution in [3.63, 3.8) is 0 Å². The van der Waals surface area contributed by atoms with Crippen LogP contribution in [0.25, 0.3) is 0 Å². The third-order valence-corrected chi connectivity index (χ3v) is 5.10. The highest BCUT2D eigenvalue weighted by Gasteiger charge is 2.44. The zero-order valence-corrected chi connectivity index (χ0v) is 12.4. The van der Waals surface area contributed by atoms with Crippen LogP contribution in [0.1, 0.15) is 39.5 Å². The summed E-state index contributed by atoms with van der Waals surface area (Å²) in [6.45, 7) is 4.78. The molecule has 1 heterocycles. The molecule has 2 amide bonds. The average molecular weight is 286 g/mol. The summed E-state index contributed by atoms with van der Waals surface area (Å²) >= 11 is 1.58. The fraction of sp³-hybridized carbons (Fsp3) is 0.846. The number of rotatable bonds is 5. The Hall–Kier alpha value is -0.910. The first-order valence-electron chi connectivity index (χ1n) is 7.03. The van der Waals surface area contributed by atoms with E-state index in [1.54, 1.807) is 16.7 Å². The fourth-order valence-electron chi connectivity index (χ4n) is 2.53. The van der Waals surface area contributed by atoms with Gasteiger partial charge in [0.05, 0.1) is 5.37 Å². The Balaban J connectivity index is 2.14. The highest BCUT2D eigenvalue weighted by Crippen LogP contribution is 2.35. The minimum Gasteiger partial charge on any atom is -0.480 e. The van der Waals surface area contributed by atoms with E-state index in [4.69, 9.17) is 0 Å². The minimum absolute atomic E-state index is 0.00621.